The summed E-state index contributed by atoms with van der Waals surface area (Å²) in [5.41, 5.74) is 8.89. The van der Waals surface area contributed by atoms with Gasteiger partial charge in [0.15, 0.2) is 0 Å². The molecule has 0 spiro atoms. The van der Waals surface area contributed by atoms with Gasteiger partial charge >= 0.3 is 0 Å². The molecule has 3 aromatic rings. The van der Waals surface area contributed by atoms with Crippen molar-refractivity contribution in [2.45, 2.75) is 26.1 Å². The molecule has 0 saturated carbocycles. The highest BCUT2D eigenvalue weighted by Crippen LogP contribution is 2.23. The number of ether oxygens (including phenoxy) is 1. The van der Waals surface area contributed by atoms with Crippen molar-refractivity contribution in [3.8, 4) is 5.75 Å². The molecule has 0 unspecified atom stereocenters. The summed E-state index contributed by atoms with van der Waals surface area (Å²) in [5.74, 6) is 0.573. The summed E-state index contributed by atoms with van der Waals surface area (Å²) in [6, 6.07) is 16.4. The smallest absolute Gasteiger partial charge is 0.219 e. The summed E-state index contributed by atoms with van der Waals surface area (Å²) in [6.45, 7) is 6.40. The standard InChI is InChI=1S/C23H27N3O2/c1-3-13-28-20-8-6-7-18(14-20)15-25(2)16-19-17-26(12-11-23(24)27)22-10-5-4-9-21(19)22/h3-10,14,17H,1,11-13,15-16H2,2H3,(H2,24,27). The Balaban J connectivity index is 1.73. The van der Waals surface area contributed by atoms with Gasteiger partial charge in [-0.1, -0.05) is 43.0 Å². The SMILES string of the molecule is C=CCOc1cccc(CN(C)Cc2cn(CCC(N)=O)c3ccccc23)c1. The number of rotatable bonds is 10. The Kier molecular flexibility index (Phi) is 6.50. The lowest BCUT2D eigenvalue weighted by Crippen LogP contribution is -2.17. The second-order valence-corrected chi connectivity index (χ2v) is 7.00. The molecule has 1 heterocycles. The molecule has 0 fully saturated rings. The molecule has 5 nitrogen and oxygen atoms in total. The molecule has 28 heavy (non-hydrogen) atoms. The van der Waals surface area contributed by atoms with Gasteiger partial charge < -0.3 is 15.0 Å². The summed E-state index contributed by atoms with van der Waals surface area (Å²) >= 11 is 0. The van der Waals surface area contributed by atoms with E-state index >= 15 is 0 Å². The summed E-state index contributed by atoms with van der Waals surface area (Å²) in [4.78, 5) is 13.4. The molecule has 2 aromatic carbocycles. The molecule has 0 aliphatic carbocycles. The average Bonchev–Trinajstić information content (AvgIpc) is 3.02. The number of hydrogen-bond acceptors (Lipinski definition) is 3. The minimum absolute atomic E-state index is 0.282. The average molecular weight is 377 g/mol. The Hall–Kier alpha value is -3.05. The van der Waals surface area contributed by atoms with E-state index in [1.807, 2.05) is 24.3 Å². The quantitative estimate of drug-likeness (QED) is 0.548. The van der Waals surface area contributed by atoms with Crippen LogP contribution in [0, 0.1) is 0 Å². The van der Waals surface area contributed by atoms with E-state index in [-0.39, 0.29) is 5.91 Å². The molecule has 0 aliphatic rings. The number of benzene rings is 2. The minimum atomic E-state index is -0.282. The first-order valence-electron chi connectivity index (χ1n) is 9.43. The Labute approximate surface area is 166 Å². The number of aryl methyl sites for hydroxylation is 1. The number of primary amides is 1. The van der Waals surface area contributed by atoms with Crippen LogP contribution in [0.4, 0.5) is 0 Å². The number of nitrogens with two attached hydrogens (primary N) is 1. The van der Waals surface area contributed by atoms with Gasteiger partial charge in [-0.3, -0.25) is 9.69 Å². The van der Waals surface area contributed by atoms with Crippen LogP contribution in [-0.4, -0.2) is 29.0 Å². The van der Waals surface area contributed by atoms with Crippen LogP contribution in [0.5, 0.6) is 5.75 Å². The van der Waals surface area contributed by atoms with Crippen LogP contribution in [0.25, 0.3) is 10.9 Å². The number of amides is 1. The van der Waals surface area contributed by atoms with Gasteiger partial charge in [-0.15, -0.1) is 0 Å². The van der Waals surface area contributed by atoms with Gasteiger partial charge in [0, 0.05) is 43.2 Å². The molecule has 0 atom stereocenters. The van der Waals surface area contributed by atoms with Crippen molar-refractivity contribution in [2.24, 2.45) is 5.73 Å². The fourth-order valence-electron chi connectivity index (χ4n) is 3.41. The Morgan fingerprint density at radius 1 is 1.21 bits per heavy atom. The maximum Gasteiger partial charge on any atom is 0.219 e. The van der Waals surface area contributed by atoms with Crippen LogP contribution >= 0.6 is 0 Å². The fraction of sp³-hybridized carbons (Fsp3) is 0.261. The molecule has 0 radical (unpaired) electrons. The summed E-state index contributed by atoms with van der Waals surface area (Å²) in [7, 11) is 2.10. The maximum absolute atomic E-state index is 11.2. The van der Waals surface area contributed by atoms with Crippen molar-refractivity contribution in [1.82, 2.24) is 9.47 Å². The van der Waals surface area contributed by atoms with E-state index in [4.69, 9.17) is 10.5 Å². The van der Waals surface area contributed by atoms with Gasteiger partial charge in [-0.2, -0.15) is 0 Å². The Morgan fingerprint density at radius 2 is 2.04 bits per heavy atom. The highest BCUT2D eigenvalue weighted by atomic mass is 16.5. The van der Waals surface area contributed by atoms with Crippen molar-refractivity contribution in [2.75, 3.05) is 13.7 Å². The number of aromatic nitrogens is 1. The topological polar surface area (TPSA) is 60.5 Å². The number of carbonyl (C=O) groups is 1. The maximum atomic E-state index is 11.2. The molecule has 5 heteroatoms. The predicted octanol–water partition coefficient (Wildman–Crippen LogP) is 3.71. The highest BCUT2D eigenvalue weighted by molar-refractivity contribution is 5.84. The molecule has 1 aromatic heterocycles. The molecule has 1 amide bonds. The zero-order valence-electron chi connectivity index (χ0n) is 16.3. The van der Waals surface area contributed by atoms with Crippen LogP contribution < -0.4 is 10.5 Å². The number of fused-ring (bicyclic) bond motifs is 1. The lowest BCUT2D eigenvalue weighted by molar-refractivity contribution is -0.118. The number of carbonyl (C=O) groups excluding carboxylic acids is 1. The lowest BCUT2D eigenvalue weighted by atomic mass is 10.1. The molecule has 2 N–H and O–H groups in total. The Bertz CT molecular complexity index is 961. The van der Waals surface area contributed by atoms with E-state index in [9.17, 15) is 4.79 Å². The normalized spacial score (nSPS) is 11.1. The zero-order valence-corrected chi connectivity index (χ0v) is 16.3. The van der Waals surface area contributed by atoms with Crippen LogP contribution in [0.1, 0.15) is 17.5 Å². The van der Waals surface area contributed by atoms with Gasteiger partial charge in [-0.05, 0) is 36.4 Å². The van der Waals surface area contributed by atoms with Gasteiger partial charge in [0.1, 0.15) is 12.4 Å². The third-order valence-corrected chi connectivity index (χ3v) is 4.63. The summed E-state index contributed by atoms with van der Waals surface area (Å²) in [5, 5.41) is 1.21. The zero-order chi connectivity index (χ0) is 19.9. The third kappa shape index (κ3) is 5.02. The predicted molar refractivity (Wildman–Crippen MR) is 113 cm³/mol. The second-order valence-electron chi connectivity index (χ2n) is 7.00. The summed E-state index contributed by atoms with van der Waals surface area (Å²) in [6.07, 6.45) is 4.21. The van der Waals surface area contributed by atoms with Crippen molar-refractivity contribution in [3.63, 3.8) is 0 Å². The van der Waals surface area contributed by atoms with Crippen LogP contribution in [0.15, 0.2) is 67.4 Å². The second kappa shape index (κ2) is 9.24. The molecule has 3 rings (SSSR count). The van der Waals surface area contributed by atoms with E-state index in [1.165, 1.54) is 16.5 Å². The van der Waals surface area contributed by atoms with Crippen LogP contribution in [0.2, 0.25) is 0 Å². The molecular weight excluding hydrogens is 350 g/mol. The Morgan fingerprint density at radius 3 is 2.82 bits per heavy atom. The third-order valence-electron chi connectivity index (χ3n) is 4.63. The first-order chi connectivity index (χ1) is 13.6. The van der Waals surface area contributed by atoms with Crippen LogP contribution in [0.3, 0.4) is 0 Å². The van der Waals surface area contributed by atoms with Gasteiger partial charge in [0.2, 0.25) is 5.91 Å². The lowest BCUT2D eigenvalue weighted by Gasteiger charge is -2.17. The van der Waals surface area contributed by atoms with Crippen molar-refractivity contribution in [1.29, 1.82) is 0 Å². The van der Waals surface area contributed by atoms with E-state index in [0.29, 0.717) is 19.6 Å². The molecule has 0 saturated heterocycles. The van der Waals surface area contributed by atoms with Crippen molar-refractivity contribution < 1.29 is 9.53 Å². The van der Waals surface area contributed by atoms with Crippen molar-refractivity contribution >= 4 is 16.8 Å². The minimum Gasteiger partial charge on any atom is -0.490 e. The van der Waals surface area contributed by atoms with Crippen molar-refractivity contribution in [3.05, 3.63) is 78.5 Å². The first kappa shape index (κ1) is 19.7. The summed E-state index contributed by atoms with van der Waals surface area (Å²) < 4.78 is 7.74. The highest BCUT2D eigenvalue weighted by Gasteiger charge is 2.11. The molecule has 146 valence electrons. The largest absolute Gasteiger partial charge is 0.490 e. The van der Waals surface area contributed by atoms with Crippen LogP contribution in [-0.2, 0) is 24.4 Å². The van der Waals surface area contributed by atoms with Gasteiger partial charge in [0.05, 0.1) is 0 Å². The molecule has 0 bridgehead atoms. The van der Waals surface area contributed by atoms with E-state index < -0.39 is 0 Å². The molecular formula is C23H27N3O2. The van der Waals surface area contributed by atoms with E-state index in [1.54, 1.807) is 6.08 Å². The van der Waals surface area contributed by atoms with Gasteiger partial charge in [-0.25, -0.2) is 0 Å². The van der Waals surface area contributed by atoms with E-state index in [2.05, 4.69) is 53.6 Å². The van der Waals surface area contributed by atoms with E-state index in [0.717, 1.165) is 24.4 Å². The number of para-hydroxylation sites is 1. The van der Waals surface area contributed by atoms with Gasteiger partial charge in [0.25, 0.3) is 0 Å². The number of nitrogens with zero attached hydrogens (tertiary/aromatic N) is 2. The fourth-order valence-corrected chi connectivity index (χ4v) is 3.41. The number of hydrogen-bond donors (Lipinski definition) is 1. The molecule has 0 aliphatic heterocycles. The monoisotopic (exact) mass is 377 g/mol. The first-order valence-corrected chi connectivity index (χ1v) is 9.43.